The number of rotatable bonds is 3. The number of fused-ring (bicyclic) bond motifs is 1. The van der Waals surface area contributed by atoms with Crippen molar-refractivity contribution in [3.8, 4) is 0 Å². The molecule has 0 aliphatic carbocycles. The van der Waals surface area contributed by atoms with Crippen molar-refractivity contribution >= 4 is 23.3 Å². The monoisotopic (exact) mass is 280 g/mol. The maximum Gasteiger partial charge on any atom is 0.337 e. The van der Waals surface area contributed by atoms with Gasteiger partial charge in [-0.25, -0.2) is 4.79 Å². The first-order valence-electron chi connectivity index (χ1n) is 6.68. The summed E-state index contributed by atoms with van der Waals surface area (Å²) in [6, 6.07) is 6.15. The van der Waals surface area contributed by atoms with E-state index in [2.05, 4.69) is 10.2 Å². The van der Waals surface area contributed by atoms with E-state index in [9.17, 15) is 4.79 Å². The highest BCUT2D eigenvalue weighted by Gasteiger charge is 2.36. The fraction of sp³-hybridized carbons (Fsp3) is 0.500. The molecule has 2 aliphatic heterocycles. The average molecular weight is 281 g/mol. The van der Waals surface area contributed by atoms with Crippen LogP contribution in [0.3, 0.4) is 0 Å². The van der Waals surface area contributed by atoms with Crippen LogP contribution in [0.1, 0.15) is 29.6 Å². The van der Waals surface area contributed by atoms with Gasteiger partial charge in [0.25, 0.3) is 0 Å². The summed E-state index contributed by atoms with van der Waals surface area (Å²) in [6.07, 6.45) is 3.67. The fourth-order valence-electron chi connectivity index (χ4n) is 3.24. The summed E-state index contributed by atoms with van der Waals surface area (Å²) in [4.78, 5) is 13.4. The molecule has 0 radical (unpaired) electrons. The van der Waals surface area contributed by atoms with Crippen LogP contribution in [0.5, 0.6) is 0 Å². The molecular weight excluding hydrogens is 264 g/mol. The molecule has 3 rings (SSSR count). The molecule has 2 fully saturated rings. The second-order valence-electron chi connectivity index (χ2n) is 5.28. The van der Waals surface area contributed by atoms with Crippen molar-refractivity contribution in [1.82, 2.24) is 4.90 Å². The van der Waals surface area contributed by atoms with Gasteiger partial charge < -0.3 is 10.4 Å². The van der Waals surface area contributed by atoms with E-state index in [1.165, 1.54) is 19.4 Å². The van der Waals surface area contributed by atoms with Crippen LogP contribution >= 0.6 is 11.6 Å². The van der Waals surface area contributed by atoms with Crippen molar-refractivity contribution in [2.45, 2.75) is 31.3 Å². The van der Waals surface area contributed by atoms with Crippen LogP contribution in [0, 0.1) is 0 Å². The lowest BCUT2D eigenvalue weighted by molar-refractivity contribution is 0.0697. The summed E-state index contributed by atoms with van der Waals surface area (Å²) in [7, 11) is 0. The van der Waals surface area contributed by atoms with Crippen LogP contribution in [-0.2, 0) is 0 Å². The molecule has 2 unspecified atom stereocenters. The zero-order valence-electron chi connectivity index (χ0n) is 10.6. The Hall–Kier alpha value is -1.26. The number of aromatic carboxylic acids is 1. The molecule has 2 aliphatic rings. The van der Waals surface area contributed by atoms with Crippen LogP contribution in [0.25, 0.3) is 0 Å². The number of nitrogens with one attached hydrogen (secondary N) is 1. The van der Waals surface area contributed by atoms with Gasteiger partial charge in [-0.1, -0.05) is 11.6 Å². The number of carboxylic acids is 1. The first-order chi connectivity index (χ1) is 9.15. The Bertz CT molecular complexity index is 506. The number of carboxylic acid groups (broad SMARTS) is 1. The van der Waals surface area contributed by atoms with E-state index in [-0.39, 0.29) is 5.56 Å². The van der Waals surface area contributed by atoms with E-state index < -0.39 is 5.97 Å². The Kier molecular flexibility index (Phi) is 3.37. The second-order valence-corrected chi connectivity index (χ2v) is 5.69. The van der Waals surface area contributed by atoms with Crippen molar-refractivity contribution < 1.29 is 9.90 Å². The summed E-state index contributed by atoms with van der Waals surface area (Å²) in [5.74, 6) is -0.987. The molecule has 0 spiro atoms. The Labute approximate surface area is 117 Å². The maximum atomic E-state index is 10.9. The summed E-state index contributed by atoms with van der Waals surface area (Å²) >= 11 is 5.99. The number of hydrogen-bond donors (Lipinski definition) is 2. The van der Waals surface area contributed by atoms with Crippen LogP contribution < -0.4 is 5.32 Å². The maximum absolute atomic E-state index is 10.9. The highest BCUT2D eigenvalue weighted by atomic mass is 35.5. The summed E-state index contributed by atoms with van der Waals surface area (Å²) in [6.45, 7) is 2.37. The SMILES string of the molecule is O=C(O)c1ccc(NC2CCN3CCCC23)cc1Cl. The molecule has 2 atom stereocenters. The number of benzene rings is 1. The Morgan fingerprint density at radius 2 is 2.21 bits per heavy atom. The molecule has 0 amide bonds. The van der Waals surface area contributed by atoms with Gasteiger partial charge in [0, 0.05) is 24.3 Å². The van der Waals surface area contributed by atoms with Gasteiger partial charge in [0.15, 0.2) is 0 Å². The molecule has 102 valence electrons. The smallest absolute Gasteiger partial charge is 0.337 e. The Morgan fingerprint density at radius 3 is 2.95 bits per heavy atom. The van der Waals surface area contributed by atoms with Gasteiger partial charge in [-0.05, 0) is 44.0 Å². The highest BCUT2D eigenvalue weighted by Crippen LogP contribution is 2.31. The summed E-state index contributed by atoms with van der Waals surface area (Å²) in [5.41, 5.74) is 1.06. The quantitative estimate of drug-likeness (QED) is 0.894. The van der Waals surface area contributed by atoms with Gasteiger partial charge in [-0.3, -0.25) is 4.90 Å². The van der Waals surface area contributed by atoms with E-state index in [0.29, 0.717) is 17.1 Å². The van der Waals surface area contributed by atoms with Crippen LogP contribution in [0.4, 0.5) is 5.69 Å². The molecule has 2 heterocycles. The lowest BCUT2D eigenvalue weighted by Crippen LogP contribution is -2.33. The molecule has 1 aromatic rings. The zero-order valence-corrected chi connectivity index (χ0v) is 11.4. The molecule has 2 saturated heterocycles. The number of nitrogens with zero attached hydrogens (tertiary/aromatic N) is 1. The van der Waals surface area contributed by atoms with Crippen LogP contribution in [0.15, 0.2) is 18.2 Å². The van der Waals surface area contributed by atoms with Crippen LogP contribution in [-0.4, -0.2) is 41.1 Å². The Morgan fingerprint density at radius 1 is 1.37 bits per heavy atom. The summed E-state index contributed by atoms with van der Waals surface area (Å²) in [5, 5.41) is 12.7. The normalized spacial score (nSPS) is 26.4. The zero-order chi connectivity index (χ0) is 13.4. The standard InChI is InChI=1S/C14H17ClN2O2/c15-11-8-9(3-4-10(11)14(18)19)16-12-5-7-17-6-1-2-13(12)17/h3-4,8,12-13,16H,1-2,5-7H2,(H,18,19). The van der Waals surface area contributed by atoms with E-state index in [0.717, 1.165) is 18.7 Å². The predicted octanol–water partition coefficient (Wildman–Crippen LogP) is 2.69. The second kappa shape index (κ2) is 5.02. The summed E-state index contributed by atoms with van der Waals surface area (Å²) < 4.78 is 0. The van der Waals surface area contributed by atoms with Gasteiger partial charge >= 0.3 is 5.97 Å². The molecule has 4 nitrogen and oxygen atoms in total. The van der Waals surface area contributed by atoms with Gasteiger partial charge in [0.05, 0.1) is 10.6 Å². The fourth-order valence-corrected chi connectivity index (χ4v) is 3.50. The number of hydrogen-bond acceptors (Lipinski definition) is 3. The molecule has 19 heavy (non-hydrogen) atoms. The first kappa shape index (κ1) is 12.8. The number of anilines is 1. The topological polar surface area (TPSA) is 52.6 Å². The minimum Gasteiger partial charge on any atom is -0.478 e. The average Bonchev–Trinajstić information content (AvgIpc) is 2.94. The third-order valence-electron chi connectivity index (χ3n) is 4.16. The van der Waals surface area contributed by atoms with Crippen LogP contribution in [0.2, 0.25) is 5.02 Å². The van der Waals surface area contributed by atoms with E-state index in [1.807, 2.05) is 0 Å². The van der Waals surface area contributed by atoms with Gasteiger partial charge in [-0.2, -0.15) is 0 Å². The lowest BCUT2D eigenvalue weighted by Gasteiger charge is -2.22. The van der Waals surface area contributed by atoms with Gasteiger partial charge in [-0.15, -0.1) is 0 Å². The number of carbonyl (C=O) groups is 1. The van der Waals surface area contributed by atoms with Crippen molar-refractivity contribution in [2.75, 3.05) is 18.4 Å². The van der Waals surface area contributed by atoms with Crippen molar-refractivity contribution in [2.24, 2.45) is 0 Å². The molecule has 5 heteroatoms. The lowest BCUT2D eigenvalue weighted by atomic mass is 10.1. The minimum atomic E-state index is -0.987. The largest absolute Gasteiger partial charge is 0.478 e. The third kappa shape index (κ3) is 2.42. The minimum absolute atomic E-state index is 0.154. The van der Waals surface area contributed by atoms with Gasteiger partial charge in [0.2, 0.25) is 0 Å². The molecule has 2 N–H and O–H groups in total. The number of halogens is 1. The molecule has 0 aromatic heterocycles. The van der Waals surface area contributed by atoms with Crippen molar-refractivity contribution in [3.05, 3.63) is 28.8 Å². The molecule has 1 aromatic carbocycles. The highest BCUT2D eigenvalue weighted by molar-refractivity contribution is 6.33. The van der Waals surface area contributed by atoms with Crippen molar-refractivity contribution in [1.29, 1.82) is 0 Å². The third-order valence-corrected chi connectivity index (χ3v) is 4.47. The molecular formula is C14H17ClN2O2. The van der Waals surface area contributed by atoms with Gasteiger partial charge in [0.1, 0.15) is 0 Å². The molecule has 0 bridgehead atoms. The Balaban J connectivity index is 1.73. The van der Waals surface area contributed by atoms with E-state index in [1.54, 1.807) is 18.2 Å². The van der Waals surface area contributed by atoms with E-state index in [4.69, 9.17) is 16.7 Å². The molecule has 0 saturated carbocycles. The van der Waals surface area contributed by atoms with Crippen molar-refractivity contribution in [3.63, 3.8) is 0 Å². The van der Waals surface area contributed by atoms with E-state index >= 15 is 0 Å². The first-order valence-corrected chi connectivity index (χ1v) is 7.06. The predicted molar refractivity (Wildman–Crippen MR) is 75.0 cm³/mol.